The normalized spacial score (nSPS) is 17.2. The van der Waals surface area contributed by atoms with Gasteiger partial charge in [-0.05, 0) is 99.8 Å². The molecular weight excluding hydrogens is 605 g/mol. The summed E-state index contributed by atoms with van der Waals surface area (Å²) in [5, 5.41) is -1.54. The molecular formula is C48H32N2. The largest absolute Gasteiger partial charge is 0.309 e. The Morgan fingerprint density at radius 2 is 0.760 bits per heavy atom. The Morgan fingerprint density at radius 3 is 1.28 bits per heavy atom. The van der Waals surface area contributed by atoms with Crippen molar-refractivity contribution in [2.45, 2.75) is 0 Å². The molecule has 2 heteroatoms. The molecule has 234 valence electrons. The van der Waals surface area contributed by atoms with Crippen LogP contribution in [0.5, 0.6) is 0 Å². The van der Waals surface area contributed by atoms with Gasteiger partial charge in [0.15, 0.2) is 0 Å². The summed E-state index contributed by atoms with van der Waals surface area (Å²) in [6.07, 6.45) is 0. The first-order chi connectivity index (χ1) is 33.1. The Hall–Kier alpha value is -6.64. The van der Waals surface area contributed by atoms with Crippen LogP contribution in [-0.4, -0.2) is 9.13 Å². The number of aromatic nitrogens is 2. The van der Waals surface area contributed by atoms with Crippen molar-refractivity contribution in [1.82, 2.24) is 9.13 Å². The van der Waals surface area contributed by atoms with Gasteiger partial charge < -0.3 is 9.13 Å². The van der Waals surface area contributed by atoms with E-state index in [0.717, 1.165) is 21.3 Å². The highest BCUT2D eigenvalue weighted by molar-refractivity contribution is 6.12. The Labute approximate surface area is 318 Å². The summed E-state index contributed by atoms with van der Waals surface area (Å²) < 4.78 is 186. The average molecular weight is 657 g/mol. The van der Waals surface area contributed by atoms with Crippen molar-refractivity contribution in [2.75, 3.05) is 0 Å². The van der Waals surface area contributed by atoms with Crippen LogP contribution in [0.2, 0.25) is 0 Å². The smallest absolute Gasteiger partial charge is 0.0651 e. The van der Waals surface area contributed by atoms with E-state index < -0.39 is 142 Å². The van der Waals surface area contributed by atoms with Gasteiger partial charge >= 0.3 is 0 Å². The maximum atomic E-state index is 9.93. The van der Waals surface area contributed by atoms with E-state index in [2.05, 4.69) is 0 Å². The van der Waals surface area contributed by atoms with Gasteiger partial charge in [-0.15, -0.1) is 0 Å². The lowest BCUT2D eigenvalue weighted by molar-refractivity contribution is 1.18. The predicted molar refractivity (Wildman–Crippen MR) is 211 cm³/mol. The lowest BCUT2D eigenvalue weighted by atomic mass is 9.98. The molecule has 0 N–H and O–H groups in total. The maximum Gasteiger partial charge on any atom is 0.0651 e. The first-order valence-electron chi connectivity index (χ1n) is 25.6. The van der Waals surface area contributed by atoms with E-state index in [1.54, 1.807) is 60.7 Å². The highest BCUT2D eigenvalue weighted by atomic mass is 15.0. The van der Waals surface area contributed by atoms with E-state index in [9.17, 15) is 15.1 Å². The molecule has 50 heavy (non-hydrogen) atoms. The van der Waals surface area contributed by atoms with E-state index in [0.29, 0.717) is 11.1 Å². The second-order valence-corrected chi connectivity index (χ2v) is 11.4. The summed E-state index contributed by atoms with van der Waals surface area (Å²) in [7, 11) is 0. The van der Waals surface area contributed by atoms with Crippen molar-refractivity contribution < 1.29 is 27.4 Å². The molecule has 8 aromatic carbocycles. The van der Waals surface area contributed by atoms with E-state index in [1.165, 1.54) is 0 Å². The fourth-order valence-electron chi connectivity index (χ4n) is 6.22. The molecule has 0 bridgehead atoms. The zero-order valence-electron chi connectivity index (χ0n) is 45.8. The van der Waals surface area contributed by atoms with Crippen LogP contribution in [0.25, 0.3) is 88.4 Å². The van der Waals surface area contributed by atoms with Crippen molar-refractivity contribution in [3.8, 4) is 44.8 Å². The van der Waals surface area contributed by atoms with Gasteiger partial charge in [-0.1, -0.05) is 127 Å². The molecule has 10 aromatic rings. The summed E-state index contributed by atoms with van der Waals surface area (Å²) in [4.78, 5) is 0. The maximum absolute atomic E-state index is 9.93. The summed E-state index contributed by atoms with van der Waals surface area (Å²) in [6.45, 7) is 0. The van der Waals surface area contributed by atoms with Crippen LogP contribution in [0, 0.1) is 0 Å². The summed E-state index contributed by atoms with van der Waals surface area (Å²) in [6, 6.07) is 6.21. The van der Waals surface area contributed by atoms with Gasteiger partial charge in [-0.25, -0.2) is 0 Å². The van der Waals surface area contributed by atoms with Crippen molar-refractivity contribution in [3.05, 3.63) is 194 Å². The molecule has 2 nitrogen and oxygen atoms in total. The number of rotatable bonds is 5. The molecule has 2 heterocycles. The van der Waals surface area contributed by atoms with Gasteiger partial charge in [0.05, 0.1) is 49.5 Å². The molecule has 2 aromatic heterocycles. The summed E-state index contributed by atoms with van der Waals surface area (Å²) in [5.74, 6) is 0. The molecule has 0 fully saturated rings. The fourth-order valence-corrected chi connectivity index (χ4v) is 6.22. The first-order valence-corrected chi connectivity index (χ1v) is 15.6. The SMILES string of the molecule is [2H]c1cc([2H])c(-n2c3c([2H])c([2H])c([2H])c([2H])c3c3c([2H])c(-c4c([2H])c([2H])c5c(c4[2H])c4c([2H])c([2H])c([2H])c([2H])c4n5-c4c([2H])c(-c5ccccc5)c([2H])c(-c5ccccc5)c4[2H])c([2H])c([2H])c32)c([2H])c1. The van der Waals surface area contributed by atoms with E-state index >= 15 is 0 Å². The molecule has 0 aliphatic rings. The van der Waals surface area contributed by atoms with Crippen LogP contribution in [-0.2, 0) is 0 Å². The number of hydrogen-bond donors (Lipinski definition) is 0. The number of para-hydroxylation sites is 3. The van der Waals surface area contributed by atoms with E-state index in [-0.39, 0.29) is 56.4 Å². The van der Waals surface area contributed by atoms with Gasteiger partial charge in [0.2, 0.25) is 0 Å². The van der Waals surface area contributed by atoms with Gasteiger partial charge in [0, 0.05) is 32.9 Å². The predicted octanol–water partition coefficient (Wildman–Crippen LogP) is 12.9. The van der Waals surface area contributed by atoms with Crippen LogP contribution in [0.3, 0.4) is 0 Å². The molecule has 0 unspecified atom stereocenters. The Morgan fingerprint density at radius 1 is 0.300 bits per heavy atom. The quantitative estimate of drug-likeness (QED) is 0.174. The van der Waals surface area contributed by atoms with Crippen molar-refractivity contribution in [3.63, 3.8) is 0 Å². The van der Waals surface area contributed by atoms with Crippen LogP contribution in [0.1, 0.15) is 27.4 Å². The first kappa shape index (κ1) is 14.9. The van der Waals surface area contributed by atoms with Crippen LogP contribution >= 0.6 is 0 Å². The molecule has 0 aliphatic carbocycles. The molecule has 0 amide bonds. The third-order valence-corrected chi connectivity index (χ3v) is 8.46. The lowest BCUT2D eigenvalue weighted by Crippen LogP contribution is -1.96. The minimum Gasteiger partial charge on any atom is -0.309 e. The van der Waals surface area contributed by atoms with Gasteiger partial charge in [-0.2, -0.15) is 0 Å². The lowest BCUT2D eigenvalue weighted by Gasteiger charge is -2.14. The third-order valence-electron chi connectivity index (χ3n) is 8.46. The number of hydrogen-bond acceptors (Lipinski definition) is 0. The zero-order valence-corrected chi connectivity index (χ0v) is 25.8. The summed E-state index contributed by atoms with van der Waals surface area (Å²) >= 11 is 0. The Kier molecular flexibility index (Phi) is 3.42. The average Bonchev–Trinajstić information content (AvgIpc) is 3.86. The molecule has 0 atom stereocenters. The molecule has 0 saturated heterocycles. The van der Waals surface area contributed by atoms with E-state index in [4.69, 9.17) is 12.3 Å². The highest BCUT2D eigenvalue weighted by Gasteiger charge is 2.17. The van der Waals surface area contributed by atoms with Crippen molar-refractivity contribution in [2.24, 2.45) is 0 Å². The monoisotopic (exact) mass is 656 g/mol. The van der Waals surface area contributed by atoms with Crippen LogP contribution < -0.4 is 0 Å². The molecule has 10 rings (SSSR count). The molecule has 0 spiro atoms. The van der Waals surface area contributed by atoms with Gasteiger partial charge in [0.25, 0.3) is 0 Å². The highest BCUT2D eigenvalue weighted by Crippen LogP contribution is 2.39. The number of nitrogens with zero attached hydrogens (tertiary/aromatic N) is 2. The second kappa shape index (κ2) is 11.5. The van der Waals surface area contributed by atoms with Gasteiger partial charge in [-0.3, -0.25) is 0 Å². The minimum absolute atomic E-state index is 0.0263. The van der Waals surface area contributed by atoms with Crippen molar-refractivity contribution >= 4 is 43.6 Å². The third kappa shape index (κ3) is 4.57. The van der Waals surface area contributed by atoms with Gasteiger partial charge in [0.1, 0.15) is 0 Å². The molecule has 0 radical (unpaired) electrons. The molecule has 0 aliphatic heterocycles. The second-order valence-electron chi connectivity index (χ2n) is 11.4. The number of fused-ring (bicyclic) bond motifs is 6. The standard InChI is InChI=1S/C48H32N2/c1-4-14-33(15-5-1)37-28-38(34-16-6-2-7-17-34)30-40(29-37)50-46-23-13-11-21-42(46)44-32-36(25-27-48(44)50)35-24-26-47-43(31-35)41-20-10-12-22-45(41)49(47)39-18-8-3-9-19-39/h1-32H/i3D,10D,11D,12D,13D,18D,19D,20D,21D,22D,23D,24D,25D,26D,27D,28D,29D,30D,31D,32D. The fraction of sp³-hybridized carbons (Fsp3) is 0. The Bertz CT molecular complexity index is 3900. The minimum atomic E-state index is -0.849. The molecule has 0 saturated carbocycles. The topological polar surface area (TPSA) is 9.86 Å². The number of benzene rings is 8. The van der Waals surface area contributed by atoms with E-state index in [1.807, 2.05) is 0 Å². The van der Waals surface area contributed by atoms with Crippen LogP contribution in [0.15, 0.2) is 194 Å². The summed E-state index contributed by atoms with van der Waals surface area (Å²) in [5.41, 5.74) is -2.68. The van der Waals surface area contributed by atoms with Crippen LogP contribution in [0.4, 0.5) is 0 Å². The Balaban J connectivity index is 1.42. The zero-order chi connectivity index (χ0) is 50.4. The van der Waals surface area contributed by atoms with Crippen molar-refractivity contribution in [1.29, 1.82) is 0 Å².